The highest BCUT2D eigenvalue weighted by atomic mass is 15.0. The number of hydrogen-bond donors (Lipinski definition) is 1. The van der Waals surface area contributed by atoms with E-state index in [9.17, 15) is 0 Å². The summed E-state index contributed by atoms with van der Waals surface area (Å²) in [6.45, 7) is 6.15. The minimum Gasteiger partial charge on any atom is -0.354 e. The molecule has 4 nitrogen and oxygen atoms in total. The summed E-state index contributed by atoms with van der Waals surface area (Å²) in [4.78, 5) is 8.57. The predicted molar refractivity (Wildman–Crippen MR) is 96.6 cm³/mol. The molecule has 0 aliphatic carbocycles. The van der Waals surface area contributed by atoms with Gasteiger partial charge in [-0.25, -0.2) is 4.98 Å². The van der Waals surface area contributed by atoms with Crippen LogP contribution in [-0.4, -0.2) is 15.8 Å². The first-order valence-corrected chi connectivity index (χ1v) is 7.62. The summed E-state index contributed by atoms with van der Waals surface area (Å²) in [7, 11) is 0. The lowest BCUT2D eigenvalue weighted by molar-refractivity contribution is 1.06. The van der Waals surface area contributed by atoms with E-state index in [1.165, 1.54) is 11.1 Å². The number of anilines is 2. The highest BCUT2D eigenvalue weighted by molar-refractivity contribution is 5.77. The van der Waals surface area contributed by atoms with E-state index in [0.29, 0.717) is 0 Å². The Balaban J connectivity index is 1.96. The summed E-state index contributed by atoms with van der Waals surface area (Å²) < 4.78 is 1.98. The summed E-state index contributed by atoms with van der Waals surface area (Å²) >= 11 is 0. The van der Waals surface area contributed by atoms with Crippen molar-refractivity contribution in [1.82, 2.24) is 9.55 Å². The summed E-state index contributed by atoms with van der Waals surface area (Å²) in [5.41, 5.74) is 6.53. The highest BCUT2D eigenvalue weighted by Crippen LogP contribution is 2.31. The molecule has 2 aromatic carbocycles. The fraction of sp³-hybridized carbons (Fsp3) is 0.158. The van der Waals surface area contributed by atoms with Crippen LogP contribution in [0.5, 0.6) is 0 Å². The molecule has 0 saturated heterocycles. The van der Waals surface area contributed by atoms with Crippen LogP contribution in [0.2, 0.25) is 0 Å². The van der Waals surface area contributed by atoms with E-state index in [1.54, 1.807) is 12.5 Å². The van der Waals surface area contributed by atoms with Gasteiger partial charge in [-0.05, 0) is 62.2 Å². The molecule has 0 spiro atoms. The second kappa shape index (κ2) is 6.48. The molecule has 3 aromatic rings. The Kier molecular flexibility index (Phi) is 4.24. The number of nitrogens with zero attached hydrogens (tertiary/aromatic N) is 3. The van der Waals surface area contributed by atoms with Crippen LogP contribution in [0.15, 0.2) is 60.1 Å². The third kappa shape index (κ3) is 3.31. The molecule has 0 bridgehead atoms. The molecule has 0 saturated carbocycles. The van der Waals surface area contributed by atoms with Gasteiger partial charge in [0.2, 0.25) is 0 Å². The minimum absolute atomic E-state index is 0.948. The smallest absolute Gasteiger partial charge is 0.0991 e. The molecule has 0 unspecified atom stereocenters. The molecule has 0 fully saturated rings. The van der Waals surface area contributed by atoms with Gasteiger partial charge in [0.1, 0.15) is 0 Å². The molecule has 4 heteroatoms. The van der Waals surface area contributed by atoms with Gasteiger partial charge in [-0.2, -0.15) is 0 Å². The van der Waals surface area contributed by atoms with E-state index in [4.69, 9.17) is 0 Å². The first-order chi connectivity index (χ1) is 11.2. The average molecular weight is 304 g/mol. The minimum atomic E-state index is 0.948. The molecule has 1 aromatic heterocycles. The van der Waals surface area contributed by atoms with E-state index in [-0.39, 0.29) is 0 Å². The molecule has 0 aliphatic heterocycles. The van der Waals surface area contributed by atoms with Crippen LogP contribution in [0.1, 0.15) is 18.1 Å². The van der Waals surface area contributed by atoms with E-state index < -0.39 is 0 Å². The lowest BCUT2D eigenvalue weighted by Crippen LogP contribution is -1.96. The molecular formula is C19H20N4. The van der Waals surface area contributed by atoms with E-state index in [2.05, 4.69) is 59.5 Å². The monoisotopic (exact) mass is 304 g/mol. The molecule has 0 radical (unpaired) electrons. The molecule has 1 N–H and O–H groups in total. The number of nitrogens with one attached hydrogen (secondary N) is 1. The van der Waals surface area contributed by atoms with Crippen molar-refractivity contribution in [1.29, 1.82) is 0 Å². The Bertz CT molecular complexity index is 833. The number of hydrogen-bond acceptors (Lipinski definition) is 3. The standard InChI is InChI=1S/C19H20N4/c1-4-21-18-10-14(2)15(3)11-19(18)22-16-6-5-7-17(12-16)23-9-8-20-13-23/h4-13,22H,1-3H3. The van der Waals surface area contributed by atoms with Crippen molar-refractivity contribution in [2.24, 2.45) is 4.99 Å². The molecule has 0 aliphatic rings. The molecule has 116 valence electrons. The number of rotatable bonds is 4. The van der Waals surface area contributed by atoms with Gasteiger partial charge in [0.15, 0.2) is 0 Å². The molecule has 3 rings (SSSR count). The lowest BCUT2D eigenvalue weighted by atomic mass is 10.1. The SMILES string of the molecule is CC=Nc1cc(C)c(C)cc1Nc1cccc(-n2ccnc2)c1. The van der Waals surface area contributed by atoms with Gasteiger partial charge >= 0.3 is 0 Å². The zero-order valence-corrected chi connectivity index (χ0v) is 13.6. The maximum atomic E-state index is 4.47. The van der Waals surface area contributed by atoms with Crippen molar-refractivity contribution in [2.75, 3.05) is 5.32 Å². The zero-order chi connectivity index (χ0) is 16.2. The first kappa shape index (κ1) is 15.0. The second-order valence-corrected chi connectivity index (χ2v) is 5.49. The third-order valence-electron chi connectivity index (χ3n) is 3.81. The van der Waals surface area contributed by atoms with Crippen LogP contribution < -0.4 is 5.32 Å². The Hall–Kier alpha value is -2.88. The normalized spacial score (nSPS) is 11.1. The van der Waals surface area contributed by atoms with Crippen LogP contribution in [0.25, 0.3) is 5.69 Å². The third-order valence-corrected chi connectivity index (χ3v) is 3.81. The van der Waals surface area contributed by atoms with Crippen LogP contribution in [0.4, 0.5) is 17.1 Å². The zero-order valence-electron chi connectivity index (χ0n) is 13.6. The Morgan fingerprint density at radius 2 is 1.96 bits per heavy atom. The number of benzene rings is 2. The van der Waals surface area contributed by atoms with Gasteiger partial charge in [0.05, 0.1) is 17.7 Å². The van der Waals surface area contributed by atoms with Gasteiger partial charge in [-0.15, -0.1) is 0 Å². The van der Waals surface area contributed by atoms with Crippen molar-refractivity contribution in [3.05, 3.63) is 66.2 Å². The second-order valence-electron chi connectivity index (χ2n) is 5.49. The van der Waals surface area contributed by atoms with E-state index >= 15 is 0 Å². The van der Waals surface area contributed by atoms with Crippen LogP contribution in [0, 0.1) is 13.8 Å². The molecule has 0 atom stereocenters. The maximum Gasteiger partial charge on any atom is 0.0991 e. The number of imidazole rings is 1. The van der Waals surface area contributed by atoms with Gasteiger partial charge in [0.25, 0.3) is 0 Å². The predicted octanol–water partition coefficient (Wildman–Crippen LogP) is 4.95. The van der Waals surface area contributed by atoms with Gasteiger partial charge in [0, 0.05) is 30.0 Å². The van der Waals surface area contributed by atoms with Gasteiger partial charge in [-0.1, -0.05) is 6.07 Å². The van der Waals surface area contributed by atoms with Crippen molar-refractivity contribution in [3.8, 4) is 5.69 Å². The molecule has 1 heterocycles. The summed E-state index contributed by atoms with van der Waals surface area (Å²) in [5, 5.41) is 3.48. The van der Waals surface area contributed by atoms with Crippen molar-refractivity contribution >= 4 is 23.3 Å². The van der Waals surface area contributed by atoms with Crippen LogP contribution >= 0.6 is 0 Å². The topological polar surface area (TPSA) is 42.2 Å². The lowest BCUT2D eigenvalue weighted by Gasteiger charge is -2.13. The first-order valence-electron chi connectivity index (χ1n) is 7.62. The van der Waals surface area contributed by atoms with Gasteiger partial charge in [-0.3, -0.25) is 4.99 Å². The average Bonchev–Trinajstić information content (AvgIpc) is 3.07. The summed E-state index contributed by atoms with van der Waals surface area (Å²) in [6, 6.07) is 12.5. The quantitative estimate of drug-likeness (QED) is 0.693. The Morgan fingerprint density at radius 1 is 1.13 bits per heavy atom. The molecule has 0 amide bonds. The van der Waals surface area contributed by atoms with E-state index in [1.807, 2.05) is 30.0 Å². The summed E-state index contributed by atoms with van der Waals surface area (Å²) in [5.74, 6) is 0. The van der Waals surface area contributed by atoms with Crippen LogP contribution in [-0.2, 0) is 0 Å². The molecular weight excluding hydrogens is 284 g/mol. The fourth-order valence-corrected chi connectivity index (χ4v) is 2.46. The van der Waals surface area contributed by atoms with E-state index in [0.717, 1.165) is 22.7 Å². The Morgan fingerprint density at radius 3 is 2.70 bits per heavy atom. The van der Waals surface area contributed by atoms with Crippen molar-refractivity contribution in [3.63, 3.8) is 0 Å². The van der Waals surface area contributed by atoms with Gasteiger partial charge < -0.3 is 9.88 Å². The van der Waals surface area contributed by atoms with Crippen molar-refractivity contribution in [2.45, 2.75) is 20.8 Å². The van der Waals surface area contributed by atoms with Crippen LogP contribution in [0.3, 0.4) is 0 Å². The van der Waals surface area contributed by atoms with Crippen molar-refractivity contribution < 1.29 is 0 Å². The number of aryl methyl sites for hydroxylation is 2. The molecule has 23 heavy (non-hydrogen) atoms. The number of aliphatic imine (C=N–C) groups is 1. The largest absolute Gasteiger partial charge is 0.354 e. The maximum absolute atomic E-state index is 4.47. The Labute approximate surface area is 136 Å². The highest BCUT2D eigenvalue weighted by Gasteiger charge is 2.06. The summed E-state index contributed by atoms with van der Waals surface area (Å²) in [6.07, 6.45) is 7.32. The number of aromatic nitrogens is 2. The fourth-order valence-electron chi connectivity index (χ4n) is 2.46.